The fourth-order valence-corrected chi connectivity index (χ4v) is 7.96. The second kappa shape index (κ2) is 5.51. The number of fused-ring (bicyclic) bond motifs is 1. The summed E-state index contributed by atoms with van der Waals surface area (Å²) in [6.45, 7) is 0.810. The zero-order valence-electron chi connectivity index (χ0n) is 17.7. The average Bonchev–Trinajstić information content (AvgIpc) is 3.12. The van der Waals surface area contributed by atoms with E-state index in [1.165, 1.54) is 11.1 Å². The number of aliphatic hydroxyl groups is 1. The van der Waals surface area contributed by atoms with Crippen molar-refractivity contribution >= 4 is 5.78 Å². The van der Waals surface area contributed by atoms with Crippen LogP contribution in [-0.4, -0.2) is 52.2 Å². The predicted octanol–water partition coefficient (Wildman–Crippen LogP) is 2.53. The van der Waals surface area contributed by atoms with Gasteiger partial charge < -0.3 is 19.8 Å². The Bertz CT molecular complexity index is 1160. The normalized spacial score (nSPS) is 39.7. The zero-order valence-corrected chi connectivity index (χ0v) is 17.7. The maximum absolute atomic E-state index is 14.2. The molecular weight excluding hydrogens is 390 g/mol. The monoisotopic (exact) mass is 417 g/mol. The average molecular weight is 418 g/mol. The summed E-state index contributed by atoms with van der Waals surface area (Å²) in [5.41, 5.74) is 2.10. The molecule has 0 unspecified atom stereocenters. The van der Waals surface area contributed by atoms with Crippen LogP contribution in [-0.2, 0) is 29.5 Å². The largest absolute Gasteiger partial charge is 0.504 e. The van der Waals surface area contributed by atoms with Crippen LogP contribution in [0.25, 0.3) is 0 Å². The fourth-order valence-electron chi connectivity index (χ4n) is 7.96. The molecule has 2 aliphatic heterocycles. The third-order valence-corrected chi connectivity index (χ3v) is 9.37. The van der Waals surface area contributed by atoms with Crippen LogP contribution >= 0.6 is 0 Å². The van der Waals surface area contributed by atoms with Crippen LogP contribution in [0.15, 0.2) is 36.4 Å². The van der Waals surface area contributed by atoms with E-state index in [4.69, 9.17) is 4.74 Å². The number of rotatable bonds is 0. The number of phenols is 1. The van der Waals surface area contributed by atoms with Crippen LogP contribution in [0.4, 0.5) is 0 Å². The second-order valence-corrected chi connectivity index (χ2v) is 10.6. The molecule has 1 saturated heterocycles. The number of Topliss-reactive ketones (excluding diaryl/α,β-unsaturated/α-hetero) is 1. The van der Waals surface area contributed by atoms with Crippen molar-refractivity contribution < 1.29 is 19.7 Å². The lowest BCUT2D eigenvalue weighted by molar-refractivity contribution is -0.208. The number of hydrogen-bond acceptors (Lipinski definition) is 5. The van der Waals surface area contributed by atoms with E-state index in [-0.39, 0.29) is 17.6 Å². The molecule has 1 saturated carbocycles. The molecule has 0 radical (unpaired) electrons. The van der Waals surface area contributed by atoms with Crippen molar-refractivity contribution in [3.05, 3.63) is 58.7 Å². The summed E-state index contributed by atoms with van der Waals surface area (Å²) in [5, 5.41) is 23.2. The van der Waals surface area contributed by atoms with Gasteiger partial charge >= 0.3 is 0 Å². The first-order valence-corrected chi connectivity index (χ1v) is 11.5. The lowest BCUT2D eigenvalue weighted by Gasteiger charge is -2.65. The number of hydrogen-bond donors (Lipinski definition) is 2. The molecule has 5 nitrogen and oxygen atoms in total. The summed E-state index contributed by atoms with van der Waals surface area (Å²) in [4.78, 5) is 16.5. The zero-order chi connectivity index (χ0) is 21.2. The molecule has 2 aromatic carbocycles. The number of ether oxygens (including phenoxy) is 1. The minimum atomic E-state index is -1.06. The topological polar surface area (TPSA) is 70.0 Å². The van der Waals surface area contributed by atoms with Crippen LogP contribution in [0, 0.1) is 5.41 Å². The van der Waals surface area contributed by atoms with Gasteiger partial charge in [0.15, 0.2) is 23.4 Å². The molecule has 5 heteroatoms. The first kappa shape index (κ1) is 18.2. The molecule has 0 amide bonds. The summed E-state index contributed by atoms with van der Waals surface area (Å²) < 4.78 is 6.36. The van der Waals surface area contributed by atoms with Crippen molar-refractivity contribution in [1.82, 2.24) is 4.90 Å². The van der Waals surface area contributed by atoms with Gasteiger partial charge in [0.05, 0.1) is 11.0 Å². The van der Waals surface area contributed by atoms with E-state index < -0.39 is 22.5 Å². The standard InChI is InChI=1S/C26H27NO4/c1-27-11-10-25-20-16-6-7-18(28)21(20)31-23(25)22(29)24(14-26(25,30)19(27)12-16)9-8-15-4-2-3-5-17(15)13-24/h2-7,19,23,28,30H,8-14H2,1H3/t19-,23+,24-,25+,26-/m1/s1. The Hall–Kier alpha value is -2.37. The van der Waals surface area contributed by atoms with Crippen molar-refractivity contribution in [1.29, 1.82) is 0 Å². The molecule has 2 aromatic rings. The SMILES string of the molecule is CN1CC[C@]23c4c5ccc(O)c4O[C@H]2C(=O)[C@@]2(CCc4ccccc4C2)C[C@@]3(O)[C@H]1C5. The van der Waals surface area contributed by atoms with Gasteiger partial charge in [-0.25, -0.2) is 0 Å². The molecule has 0 aromatic heterocycles. The molecule has 2 fully saturated rings. The summed E-state index contributed by atoms with van der Waals surface area (Å²) in [6, 6.07) is 12.0. The molecule has 2 N–H and O–H groups in total. The van der Waals surface area contributed by atoms with Gasteiger partial charge in [0.25, 0.3) is 0 Å². The van der Waals surface area contributed by atoms with E-state index >= 15 is 0 Å². The smallest absolute Gasteiger partial charge is 0.180 e. The molecule has 31 heavy (non-hydrogen) atoms. The molecule has 2 bridgehead atoms. The van der Waals surface area contributed by atoms with Crippen molar-refractivity contribution in [2.24, 2.45) is 5.41 Å². The molecule has 160 valence electrons. The van der Waals surface area contributed by atoms with Gasteiger partial charge in [-0.1, -0.05) is 30.3 Å². The third-order valence-electron chi connectivity index (χ3n) is 9.37. The Morgan fingerprint density at radius 3 is 2.74 bits per heavy atom. The Morgan fingerprint density at radius 1 is 1.10 bits per heavy atom. The summed E-state index contributed by atoms with van der Waals surface area (Å²) >= 11 is 0. The number of nitrogens with zero attached hydrogens (tertiary/aromatic N) is 1. The van der Waals surface area contributed by atoms with E-state index in [1.807, 2.05) is 12.1 Å². The summed E-state index contributed by atoms with van der Waals surface area (Å²) in [5.74, 6) is 0.641. The van der Waals surface area contributed by atoms with Crippen LogP contribution in [0.1, 0.15) is 41.5 Å². The van der Waals surface area contributed by atoms with Gasteiger partial charge in [-0.3, -0.25) is 4.79 Å². The Labute approximate surface area is 181 Å². The quantitative estimate of drug-likeness (QED) is 0.690. The lowest BCUT2D eigenvalue weighted by Crippen LogP contribution is -2.79. The van der Waals surface area contributed by atoms with Crippen molar-refractivity contribution in [2.45, 2.75) is 61.7 Å². The molecule has 3 aliphatic carbocycles. The number of aromatic hydroxyl groups is 1. The van der Waals surface area contributed by atoms with Crippen molar-refractivity contribution in [3.8, 4) is 11.5 Å². The third kappa shape index (κ3) is 1.90. The number of piperidine rings is 1. The number of aryl methyl sites for hydroxylation is 1. The first-order valence-electron chi connectivity index (χ1n) is 11.5. The van der Waals surface area contributed by atoms with Crippen LogP contribution in [0.5, 0.6) is 11.5 Å². The maximum atomic E-state index is 14.2. The Morgan fingerprint density at radius 2 is 1.90 bits per heavy atom. The van der Waals surface area contributed by atoms with Crippen LogP contribution in [0.3, 0.4) is 0 Å². The van der Waals surface area contributed by atoms with E-state index in [2.05, 4.69) is 30.1 Å². The number of phenolic OH excluding ortho intramolecular Hbond substituents is 1. The first-order chi connectivity index (χ1) is 14.9. The second-order valence-electron chi connectivity index (χ2n) is 10.6. The van der Waals surface area contributed by atoms with E-state index in [0.29, 0.717) is 31.4 Å². The fraction of sp³-hybridized carbons (Fsp3) is 0.500. The Kier molecular flexibility index (Phi) is 3.24. The minimum absolute atomic E-state index is 0.0579. The number of carbonyl (C=O) groups excluding carboxylic acids is 1. The summed E-state index contributed by atoms with van der Waals surface area (Å²) in [6.07, 6.45) is 3.38. The number of likely N-dealkylation sites (tertiary alicyclic amines) is 1. The van der Waals surface area contributed by atoms with E-state index in [9.17, 15) is 15.0 Å². The highest BCUT2D eigenvalue weighted by molar-refractivity contribution is 5.95. The molecule has 5 atom stereocenters. The van der Waals surface area contributed by atoms with Gasteiger partial charge in [0.2, 0.25) is 0 Å². The lowest BCUT2D eigenvalue weighted by atomic mass is 9.43. The molecule has 7 rings (SSSR count). The van der Waals surface area contributed by atoms with Crippen molar-refractivity contribution in [2.75, 3.05) is 13.6 Å². The van der Waals surface area contributed by atoms with Gasteiger partial charge in [-0.15, -0.1) is 0 Å². The van der Waals surface area contributed by atoms with Crippen molar-refractivity contribution in [3.63, 3.8) is 0 Å². The maximum Gasteiger partial charge on any atom is 0.180 e. The number of benzene rings is 2. The van der Waals surface area contributed by atoms with E-state index in [1.54, 1.807) is 6.07 Å². The Balaban J connectivity index is 1.46. The molecule has 2 heterocycles. The predicted molar refractivity (Wildman–Crippen MR) is 114 cm³/mol. The van der Waals surface area contributed by atoms with Crippen LogP contribution in [0.2, 0.25) is 0 Å². The highest BCUT2D eigenvalue weighted by Gasteiger charge is 2.76. The highest BCUT2D eigenvalue weighted by Crippen LogP contribution is 2.68. The van der Waals surface area contributed by atoms with Gasteiger partial charge in [0.1, 0.15) is 0 Å². The summed E-state index contributed by atoms with van der Waals surface area (Å²) in [7, 11) is 2.09. The molecule has 5 aliphatic rings. The van der Waals surface area contributed by atoms with Crippen LogP contribution < -0.4 is 4.74 Å². The van der Waals surface area contributed by atoms with Gasteiger partial charge in [0, 0.05) is 17.0 Å². The number of likely N-dealkylation sites (N-methyl/N-ethyl adjacent to an activating group) is 1. The molecular formula is C26H27NO4. The minimum Gasteiger partial charge on any atom is -0.504 e. The number of ketones is 1. The molecule has 2 spiro atoms. The number of carbonyl (C=O) groups is 1. The van der Waals surface area contributed by atoms with E-state index in [0.717, 1.165) is 30.5 Å². The van der Waals surface area contributed by atoms with Gasteiger partial charge in [-0.2, -0.15) is 0 Å². The van der Waals surface area contributed by atoms with Gasteiger partial charge in [-0.05, 0) is 74.9 Å². The highest BCUT2D eigenvalue weighted by atomic mass is 16.5.